The monoisotopic (exact) mass is 400 g/mol. The Morgan fingerprint density at radius 2 is 2.04 bits per heavy atom. The number of aliphatic hydroxyl groups is 1. The summed E-state index contributed by atoms with van der Waals surface area (Å²) in [5, 5.41) is 23.7. The van der Waals surface area contributed by atoms with Gasteiger partial charge in [-0.1, -0.05) is 35.9 Å². The SMILES string of the molecule is Cc1cc(C2(O)CCN(OC(=O)Nc3n[nH]c4ccccc34)CC2)ccc1Cl. The van der Waals surface area contributed by atoms with Gasteiger partial charge in [0.25, 0.3) is 0 Å². The second-order valence-corrected chi connectivity index (χ2v) is 7.45. The van der Waals surface area contributed by atoms with Gasteiger partial charge in [-0.2, -0.15) is 5.10 Å². The summed E-state index contributed by atoms with van der Waals surface area (Å²) in [5.41, 5.74) is 1.64. The molecule has 1 amide bonds. The van der Waals surface area contributed by atoms with Gasteiger partial charge in [0.2, 0.25) is 0 Å². The van der Waals surface area contributed by atoms with Crippen LogP contribution in [0.3, 0.4) is 0 Å². The molecule has 0 bridgehead atoms. The van der Waals surface area contributed by atoms with Crippen molar-refractivity contribution in [3.8, 4) is 0 Å². The molecule has 1 saturated heterocycles. The summed E-state index contributed by atoms with van der Waals surface area (Å²) >= 11 is 6.08. The van der Waals surface area contributed by atoms with Crippen LogP contribution in [0.25, 0.3) is 10.9 Å². The molecular weight excluding hydrogens is 380 g/mol. The molecule has 3 aromatic rings. The number of hydrogen-bond acceptors (Lipinski definition) is 5. The lowest BCUT2D eigenvalue weighted by Crippen LogP contribution is -2.44. The van der Waals surface area contributed by atoms with Gasteiger partial charge in [0.15, 0.2) is 5.82 Å². The number of nitrogens with one attached hydrogen (secondary N) is 2. The van der Waals surface area contributed by atoms with E-state index in [-0.39, 0.29) is 0 Å². The number of fused-ring (bicyclic) bond motifs is 1. The molecule has 0 atom stereocenters. The molecule has 2 aromatic carbocycles. The third kappa shape index (κ3) is 3.69. The van der Waals surface area contributed by atoms with Crippen molar-refractivity contribution >= 4 is 34.4 Å². The number of rotatable bonds is 3. The van der Waals surface area contributed by atoms with Gasteiger partial charge in [0.05, 0.1) is 11.1 Å². The first-order valence-electron chi connectivity index (χ1n) is 9.11. The van der Waals surface area contributed by atoms with Gasteiger partial charge in [0.1, 0.15) is 0 Å². The number of aryl methyl sites for hydroxylation is 1. The number of carbonyl (C=O) groups excluding carboxylic acids is 1. The summed E-state index contributed by atoms with van der Waals surface area (Å²) < 4.78 is 0. The Labute approximate surface area is 167 Å². The lowest BCUT2D eigenvalue weighted by Gasteiger charge is -2.37. The van der Waals surface area contributed by atoms with Crippen molar-refractivity contribution in [3.05, 3.63) is 58.6 Å². The number of benzene rings is 2. The van der Waals surface area contributed by atoms with E-state index in [1.165, 1.54) is 0 Å². The van der Waals surface area contributed by atoms with Gasteiger partial charge >= 0.3 is 6.09 Å². The Morgan fingerprint density at radius 3 is 2.79 bits per heavy atom. The first kappa shape index (κ1) is 18.7. The number of H-pyrrole nitrogens is 1. The van der Waals surface area contributed by atoms with Crippen LogP contribution in [0.15, 0.2) is 42.5 Å². The number of para-hydroxylation sites is 1. The molecule has 1 aliphatic heterocycles. The molecule has 0 unspecified atom stereocenters. The first-order valence-corrected chi connectivity index (χ1v) is 9.48. The van der Waals surface area contributed by atoms with E-state index in [0.29, 0.717) is 36.8 Å². The minimum atomic E-state index is -0.954. The summed E-state index contributed by atoms with van der Waals surface area (Å²) in [7, 11) is 0. The number of piperidine rings is 1. The molecule has 3 N–H and O–H groups in total. The average molecular weight is 401 g/mol. The van der Waals surface area contributed by atoms with Gasteiger partial charge in [-0.05, 0) is 49.1 Å². The number of hydroxylamine groups is 2. The highest BCUT2D eigenvalue weighted by Gasteiger charge is 2.35. The topological polar surface area (TPSA) is 90.5 Å². The number of aromatic amines is 1. The number of anilines is 1. The highest BCUT2D eigenvalue weighted by Crippen LogP contribution is 2.34. The molecule has 0 spiro atoms. The predicted octanol–water partition coefficient (Wildman–Crippen LogP) is 3.97. The van der Waals surface area contributed by atoms with Crippen LogP contribution < -0.4 is 5.32 Å². The Bertz CT molecular complexity index is 1010. The van der Waals surface area contributed by atoms with Crippen molar-refractivity contribution < 1.29 is 14.7 Å². The van der Waals surface area contributed by atoms with Gasteiger partial charge in [-0.15, -0.1) is 5.06 Å². The van der Waals surface area contributed by atoms with Crippen LogP contribution in [0.2, 0.25) is 5.02 Å². The Kier molecular flexibility index (Phi) is 4.97. The molecule has 7 nitrogen and oxygen atoms in total. The second-order valence-electron chi connectivity index (χ2n) is 7.05. The van der Waals surface area contributed by atoms with Crippen LogP contribution in [0.5, 0.6) is 0 Å². The number of amides is 1. The van der Waals surface area contributed by atoms with E-state index in [4.69, 9.17) is 16.4 Å². The van der Waals surface area contributed by atoms with Gasteiger partial charge in [0, 0.05) is 23.5 Å². The van der Waals surface area contributed by atoms with E-state index in [0.717, 1.165) is 22.0 Å². The molecule has 0 aliphatic carbocycles. The Balaban J connectivity index is 1.36. The van der Waals surface area contributed by atoms with E-state index >= 15 is 0 Å². The van der Waals surface area contributed by atoms with Crippen molar-refractivity contribution in [2.24, 2.45) is 0 Å². The molecule has 1 aromatic heterocycles. The van der Waals surface area contributed by atoms with Gasteiger partial charge in [-0.25, -0.2) is 4.79 Å². The maximum atomic E-state index is 12.2. The van der Waals surface area contributed by atoms with E-state index in [9.17, 15) is 9.90 Å². The van der Waals surface area contributed by atoms with Crippen LogP contribution in [0.4, 0.5) is 10.6 Å². The Hall–Kier alpha value is -2.61. The number of carbonyl (C=O) groups is 1. The lowest BCUT2D eigenvalue weighted by molar-refractivity contribution is -0.148. The molecule has 0 saturated carbocycles. The van der Waals surface area contributed by atoms with Crippen LogP contribution in [-0.2, 0) is 10.4 Å². The fraction of sp³-hybridized carbons (Fsp3) is 0.300. The van der Waals surface area contributed by atoms with Crippen molar-refractivity contribution in [2.45, 2.75) is 25.4 Å². The second kappa shape index (κ2) is 7.43. The molecule has 1 aliphatic rings. The van der Waals surface area contributed by atoms with Crippen LogP contribution in [0.1, 0.15) is 24.0 Å². The van der Waals surface area contributed by atoms with Crippen molar-refractivity contribution in [1.82, 2.24) is 15.3 Å². The fourth-order valence-electron chi connectivity index (χ4n) is 3.47. The van der Waals surface area contributed by atoms with Gasteiger partial charge in [-0.3, -0.25) is 10.4 Å². The Morgan fingerprint density at radius 1 is 1.29 bits per heavy atom. The average Bonchev–Trinajstić information content (AvgIpc) is 3.09. The third-order valence-corrected chi connectivity index (χ3v) is 5.57. The number of nitrogens with zero attached hydrogens (tertiary/aromatic N) is 2. The van der Waals surface area contributed by atoms with Crippen LogP contribution >= 0.6 is 11.6 Å². The molecule has 4 rings (SSSR count). The number of aromatic nitrogens is 2. The zero-order valence-electron chi connectivity index (χ0n) is 15.4. The minimum absolute atomic E-state index is 0.422. The summed E-state index contributed by atoms with van der Waals surface area (Å²) in [6.07, 6.45) is 0.296. The largest absolute Gasteiger partial charge is 0.432 e. The van der Waals surface area contributed by atoms with Crippen molar-refractivity contribution in [3.63, 3.8) is 0 Å². The number of hydrogen-bond donors (Lipinski definition) is 3. The van der Waals surface area contributed by atoms with Crippen molar-refractivity contribution in [1.29, 1.82) is 0 Å². The normalized spacial score (nSPS) is 16.8. The fourth-order valence-corrected chi connectivity index (χ4v) is 3.58. The van der Waals surface area contributed by atoms with Crippen molar-refractivity contribution in [2.75, 3.05) is 18.4 Å². The zero-order valence-corrected chi connectivity index (χ0v) is 16.2. The van der Waals surface area contributed by atoms with Crippen LogP contribution in [-0.4, -0.2) is 39.5 Å². The highest BCUT2D eigenvalue weighted by molar-refractivity contribution is 6.31. The lowest BCUT2D eigenvalue weighted by atomic mass is 9.84. The minimum Gasteiger partial charge on any atom is -0.385 e. The summed E-state index contributed by atoms with van der Waals surface area (Å²) in [6.45, 7) is 2.76. The maximum absolute atomic E-state index is 12.2. The smallest absolute Gasteiger partial charge is 0.385 e. The molecular formula is C20H21ClN4O3. The maximum Gasteiger partial charge on any atom is 0.432 e. The van der Waals surface area contributed by atoms with E-state index in [1.54, 1.807) is 11.1 Å². The van der Waals surface area contributed by atoms with E-state index < -0.39 is 11.7 Å². The first-order chi connectivity index (χ1) is 13.4. The summed E-state index contributed by atoms with van der Waals surface area (Å²) in [5.74, 6) is 0.422. The zero-order chi connectivity index (χ0) is 19.7. The van der Waals surface area contributed by atoms with Crippen LogP contribution in [0, 0.1) is 6.92 Å². The highest BCUT2D eigenvalue weighted by atomic mass is 35.5. The number of halogens is 1. The summed E-state index contributed by atoms with van der Waals surface area (Å²) in [4.78, 5) is 17.6. The molecule has 0 radical (unpaired) electrons. The van der Waals surface area contributed by atoms with E-state index in [1.807, 2.05) is 43.3 Å². The quantitative estimate of drug-likeness (QED) is 0.618. The van der Waals surface area contributed by atoms with E-state index in [2.05, 4.69) is 15.5 Å². The molecule has 146 valence electrons. The molecule has 28 heavy (non-hydrogen) atoms. The van der Waals surface area contributed by atoms with Gasteiger partial charge < -0.3 is 9.94 Å². The molecule has 1 fully saturated rings. The molecule has 8 heteroatoms. The standard InChI is InChI=1S/C20H21ClN4O3/c1-13-12-14(6-7-16(13)21)20(27)8-10-25(11-9-20)28-19(26)22-18-15-4-2-3-5-17(15)23-24-18/h2-7,12,27H,8-11H2,1H3,(H2,22,23,24,26). The predicted molar refractivity (Wildman–Crippen MR) is 107 cm³/mol. The molecule has 2 heterocycles. The third-order valence-electron chi connectivity index (χ3n) is 5.15. The summed E-state index contributed by atoms with van der Waals surface area (Å²) in [6, 6.07) is 13.1.